The van der Waals surface area contributed by atoms with Crippen LogP contribution in [-0.4, -0.2) is 23.7 Å². The van der Waals surface area contributed by atoms with E-state index >= 15 is 0 Å². The summed E-state index contributed by atoms with van der Waals surface area (Å²) in [5.74, 6) is 0. The second kappa shape index (κ2) is 15.3. The van der Waals surface area contributed by atoms with Crippen molar-refractivity contribution >= 4 is 109 Å². The fourth-order valence-electron chi connectivity index (χ4n) is 12.2. The zero-order valence-electron chi connectivity index (χ0n) is 39.4. The monoisotopic (exact) mass is 927 g/mol. The van der Waals surface area contributed by atoms with Gasteiger partial charge in [-0.2, -0.15) is 0 Å². The van der Waals surface area contributed by atoms with Gasteiger partial charge in [-0.05, 0) is 118 Å². The zero-order chi connectivity index (χ0) is 47.7. The van der Waals surface area contributed by atoms with E-state index < -0.39 is 0 Å². The molecule has 0 saturated carbocycles. The van der Waals surface area contributed by atoms with Crippen LogP contribution >= 0.6 is 0 Å². The van der Waals surface area contributed by atoms with Crippen molar-refractivity contribution in [3.05, 3.63) is 249 Å². The molecule has 5 nitrogen and oxygen atoms in total. The fraction of sp³-hybridized carbons (Fsp3) is 0. The second-order valence-corrected chi connectivity index (χ2v) is 19.3. The molecule has 0 aliphatic heterocycles. The van der Waals surface area contributed by atoms with E-state index in [1.807, 2.05) is 12.1 Å². The molecule has 0 fully saturated rings. The van der Waals surface area contributed by atoms with Crippen molar-refractivity contribution in [2.75, 3.05) is 0 Å². The van der Waals surface area contributed by atoms with Crippen LogP contribution in [0.15, 0.2) is 249 Å². The Hall–Kier alpha value is -9.84. The standard InChI is InChI=1S/C68H41N5/c1-2-17-46(18-3-1)71-59-27-13-8-22-51(59)53-34-31-44(41-64(53)71)67-68(70-58-26-12-11-25-57(58)69-67)54-35-37-62(50-21-7-6-20-49(50)54)73-60-28-14-9-23-52(60)56-39-45-38-47(33-30-43(45)40-65(56)73)72-61-29-15-10-24-55(61)66-48-19-5-4-16-42(48)32-36-63(66)72/h1-41H. The molecule has 12 aromatic carbocycles. The van der Waals surface area contributed by atoms with Crippen LogP contribution in [0.4, 0.5) is 0 Å². The lowest BCUT2D eigenvalue weighted by Crippen LogP contribution is -1.99. The Kier molecular flexibility index (Phi) is 8.39. The van der Waals surface area contributed by atoms with Gasteiger partial charge < -0.3 is 13.7 Å². The van der Waals surface area contributed by atoms with Crippen molar-refractivity contribution in [2.45, 2.75) is 0 Å². The Morgan fingerprint density at radius 1 is 0.260 bits per heavy atom. The van der Waals surface area contributed by atoms with Crippen molar-refractivity contribution < 1.29 is 0 Å². The molecule has 4 aromatic heterocycles. The lowest BCUT2D eigenvalue weighted by Gasteiger charge is -2.17. The predicted molar refractivity (Wildman–Crippen MR) is 306 cm³/mol. The summed E-state index contributed by atoms with van der Waals surface area (Å²) in [6.07, 6.45) is 0. The van der Waals surface area contributed by atoms with E-state index in [0.29, 0.717) is 0 Å². The number of hydrogen-bond donors (Lipinski definition) is 0. The van der Waals surface area contributed by atoms with Crippen LogP contribution in [0.3, 0.4) is 0 Å². The smallest absolute Gasteiger partial charge is 0.0979 e. The Morgan fingerprint density at radius 2 is 0.836 bits per heavy atom. The highest BCUT2D eigenvalue weighted by Crippen LogP contribution is 2.44. The third-order valence-electron chi connectivity index (χ3n) is 15.4. The number of hydrogen-bond acceptors (Lipinski definition) is 2. The van der Waals surface area contributed by atoms with E-state index in [1.54, 1.807) is 0 Å². The van der Waals surface area contributed by atoms with Crippen LogP contribution < -0.4 is 0 Å². The summed E-state index contributed by atoms with van der Waals surface area (Å²) in [7, 11) is 0. The summed E-state index contributed by atoms with van der Waals surface area (Å²) < 4.78 is 7.27. The molecule has 16 rings (SSSR count). The van der Waals surface area contributed by atoms with Crippen molar-refractivity contribution in [1.29, 1.82) is 0 Å². The first-order valence-corrected chi connectivity index (χ1v) is 25.0. The Morgan fingerprint density at radius 3 is 1.63 bits per heavy atom. The molecule has 4 heterocycles. The van der Waals surface area contributed by atoms with Crippen LogP contribution in [0, 0.1) is 0 Å². The Balaban J connectivity index is 0.889. The number of benzene rings is 12. The summed E-state index contributed by atoms with van der Waals surface area (Å²) in [4.78, 5) is 11.0. The molecule has 0 atom stereocenters. The summed E-state index contributed by atoms with van der Waals surface area (Å²) in [6.45, 7) is 0. The molecule has 0 radical (unpaired) electrons. The molecule has 0 spiro atoms. The summed E-state index contributed by atoms with van der Waals surface area (Å²) in [5.41, 5.74) is 15.9. The van der Waals surface area contributed by atoms with Crippen LogP contribution in [0.5, 0.6) is 0 Å². The molecule has 338 valence electrons. The maximum Gasteiger partial charge on any atom is 0.0979 e. The van der Waals surface area contributed by atoms with E-state index in [0.717, 1.165) is 77.9 Å². The summed E-state index contributed by atoms with van der Waals surface area (Å²) in [6, 6.07) is 90.3. The van der Waals surface area contributed by atoms with E-state index in [1.165, 1.54) is 70.4 Å². The minimum atomic E-state index is 0.848. The average molecular weight is 928 g/mol. The third kappa shape index (κ3) is 5.85. The summed E-state index contributed by atoms with van der Waals surface area (Å²) in [5, 5.41) is 14.6. The normalized spacial score (nSPS) is 12.1. The van der Waals surface area contributed by atoms with Gasteiger partial charge in [-0.15, -0.1) is 0 Å². The lowest BCUT2D eigenvalue weighted by molar-refractivity contribution is 1.18. The van der Waals surface area contributed by atoms with Gasteiger partial charge in [0.2, 0.25) is 0 Å². The van der Waals surface area contributed by atoms with Crippen LogP contribution in [-0.2, 0) is 0 Å². The molecule has 0 bridgehead atoms. The van der Waals surface area contributed by atoms with Crippen LogP contribution in [0.25, 0.3) is 148 Å². The highest BCUT2D eigenvalue weighted by molar-refractivity contribution is 6.22. The molecule has 0 amide bonds. The SMILES string of the molecule is c1ccc(-n2c3ccccc3c3ccc(-c4nc5ccccc5nc4-c4ccc(-n5c6ccccc6c6cc7cc(-n8c9ccccc9c9c%10ccccc%10ccc98)ccc7cc65)c5ccccc45)cc32)cc1. The van der Waals surface area contributed by atoms with Gasteiger partial charge in [-0.3, -0.25) is 0 Å². The van der Waals surface area contributed by atoms with Crippen molar-refractivity contribution in [2.24, 2.45) is 0 Å². The van der Waals surface area contributed by atoms with Crippen molar-refractivity contribution in [1.82, 2.24) is 23.7 Å². The van der Waals surface area contributed by atoms with Crippen molar-refractivity contribution in [3.8, 4) is 39.6 Å². The second-order valence-electron chi connectivity index (χ2n) is 19.3. The minimum Gasteiger partial charge on any atom is -0.309 e. The van der Waals surface area contributed by atoms with Crippen LogP contribution in [0.2, 0.25) is 0 Å². The molecule has 0 N–H and O–H groups in total. The first kappa shape index (κ1) is 39.9. The first-order chi connectivity index (χ1) is 36.2. The van der Waals surface area contributed by atoms with E-state index in [9.17, 15) is 0 Å². The topological polar surface area (TPSA) is 40.6 Å². The van der Waals surface area contributed by atoms with Crippen molar-refractivity contribution in [3.63, 3.8) is 0 Å². The molecule has 0 saturated heterocycles. The summed E-state index contributed by atoms with van der Waals surface area (Å²) >= 11 is 0. The average Bonchev–Trinajstić information content (AvgIpc) is 4.11. The quantitative estimate of drug-likeness (QED) is 0.173. The van der Waals surface area contributed by atoms with Gasteiger partial charge in [-0.1, -0.05) is 158 Å². The first-order valence-electron chi connectivity index (χ1n) is 25.0. The van der Waals surface area contributed by atoms with Gasteiger partial charge >= 0.3 is 0 Å². The fourth-order valence-corrected chi connectivity index (χ4v) is 12.2. The molecule has 16 aromatic rings. The number of para-hydroxylation sites is 6. The van der Waals surface area contributed by atoms with Gasteiger partial charge in [0.25, 0.3) is 0 Å². The van der Waals surface area contributed by atoms with Gasteiger partial charge in [-0.25, -0.2) is 9.97 Å². The molecule has 5 heteroatoms. The molecule has 0 unspecified atom stereocenters. The molecular weight excluding hydrogens is 887 g/mol. The molecular formula is C68H41N5. The predicted octanol–water partition coefficient (Wildman–Crippen LogP) is 17.7. The lowest BCUT2D eigenvalue weighted by atomic mass is 9.96. The van der Waals surface area contributed by atoms with Gasteiger partial charge in [0, 0.05) is 60.2 Å². The van der Waals surface area contributed by atoms with Gasteiger partial charge in [0.1, 0.15) is 0 Å². The maximum absolute atomic E-state index is 5.50. The number of fused-ring (bicyclic) bond motifs is 14. The van der Waals surface area contributed by atoms with E-state index in [4.69, 9.17) is 9.97 Å². The molecule has 73 heavy (non-hydrogen) atoms. The van der Waals surface area contributed by atoms with E-state index in [2.05, 4.69) is 250 Å². The molecule has 0 aliphatic rings. The van der Waals surface area contributed by atoms with Gasteiger partial charge in [0.05, 0.1) is 61.2 Å². The Labute approximate surface area is 418 Å². The third-order valence-corrected chi connectivity index (χ3v) is 15.4. The minimum absolute atomic E-state index is 0.848. The number of rotatable bonds is 5. The highest BCUT2D eigenvalue weighted by Gasteiger charge is 2.22. The van der Waals surface area contributed by atoms with Gasteiger partial charge in [0.15, 0.2) is 0 Å². The number of aromatic nitrogens is 5. The largest absolute Gasteiger partial charge is 0.309 e. The van der Waals surface area contributed by atoms with E-state index in [-0.39, 0.29) is 0 Å². The zero-order valence-corrected chi connectivity index (χ0v) is 39.4. The maximum atomic E-state index is 5.50. The highest BCUT2D eigenvalue weighted by atomic mass is 15.0. The Bertz CT molecular complexity index is 4980. The van der Waals surface area contributed by atoms with Crippen LogP contribution in [0.1, 0.15) is 0 Å². The molecule has 0 aliphatic carbocycles. The number of nitrogens with zero attached hydrogens (tertiary/aromatic N) is 5.